The third-order valence-electron chi connectivity index (χ3n) is 2.58. The summed E-state index contributed by atoms with van der Waals surface area (Å²) in [6.07, 6.45) is 3.89. The van der Waals surface area contributed by atoms with Crippen molar-refractivity contribution in [1.29, 1.82) is 5.26 Å². The molecule has 0 aliphatic rings. The first-order valence-electron chi connectivity index (χ1n) is 6.18. The van der Waals surface area contributed by atoms with Crippen LogP contribution in [0.25, 0.3) is 0 Å². The first-order chi connectivity index (χ1) is 8.65. The van der Waals surface area contributed by atoms with E-state index in [1.54, 1.807) is 12.3 Å². The van der Waals surface area contributed by atoms with Gasteiger partial charge in [0.1, 0.15) is 11.8 Å². The average molecular weight is 248 g/mol. The Morgan fingerprint density at radius 1 is 1.61 bits per heavy atom. The van der Waals surface area contributed by atoms with Crippen molar-refractivity contribution < 1.29 is 4.79 Å². The lowest BCUT2D eigenvalue weighted by Gasteiger charge is -2.15. The Balaban J connectivity index is 2.30. The molecule has 0 fully saturated rings. The van der Waals surface area contributed by atoms with Crippen LogP contribution in [-0.2, 0) is 11.3 Å². The summed E-state index contributed by atoms with van der Waals surface area (Å²) in [6, 6.07) is 3.84. The predicted molar refractivity (Wildman–Crippen MR) is 69.8 cm³/mol. The quantitative estimate of drug-likeness (QED) is 0.713. The van der Waals surface area contributed by atoms with Crippen molar-refractivity contribution >= 4 is 5.91 Å². The smallest absolute Gasteiger partial charge is 0.234 e. The number of carbonyl (C=O) groups excluding carboxylic acids is 1. The Labute approximate surface area is 108 Å². The van der Waals surface area contributed by atoms with Crippen molar-refractivity contribution in [2.45, 2.75) is 26.3 Å². The number of nitriles is 1. The minimum absolute atomic E-state index is 0.0435. The standard InChI is InChI=1S/C13H20N4O/c1-3-4-5-15-13(18)10-17(2)9-11-6-12(7-14)16-8-11/h6,8,16H,3-5,9-10H2,1-2H3,(H,15,18). The van der Waals surface area contributed by atoms with Gasteiger partial charge in [-0.15, -0.1) is 0 Å². The number of hydrogen-bond donors (Lipinski definition) is 2. The van der Waals surface area contributed by atoms with E-state index in [1.165, 1.54) is 0 Å². The molecule has 0 spiro atoms. The second-order valence-corrected chi connectivity index (χ2v) is 4.41. The fraction of sp³-hybridized carbons (Fsp3) is 0.538. The van der Waals surface area contributed by atoms with Gasteiger partial charge >= 0.3 is 0 Å². The number of likely N-dealkylation sites (N-methyl/N-ethyl adjacent to an activating group) is 1. The maximum absolute atomic E-state index is 11.6. The third-order valence-corrected chi connectivity index (χ3v) is 2.58. The van der Waals surface area contributed by atoms with Gasteiger partial charge in [-0.3, -0.25) is 9.69 Å². The second kappa shape index (κ2) is 7.51. The van der Waals surface area contributed by atoms with E-state index in [4.69, 9.17) is 5.26 Å². The Hall–Kier alpha value is -1.80. The van der Waals surface area contributed by atoms with E-state index in [0.717, 1.165) is 24.9 Å². The highest BCUT2D eigenvalue weighted by molar-refractivity contribution is 5.77. The Bertz CT molecular complexity index is 419. The zero-order chi connectivity index (χ0) is 13.4. The van der Waals surface area contributed by atoms with Crippen LogP contribution in [0.1, 0.15) is 31.0 Å². The van der Waals surface area contributed by atoms with Gasteiger partial charge in [0.2, 0.25) is 5.91 Å². The lowest BCUT2D eigenvalue weighted by atomic mass is 10.3. The van der Waals surface area contributed by atoms with Crippen LogP contribution in [0.15, 0.2) is 12.3 Å². The molecular formula is C13H20N4O. The van der Waals surface area contributed by atoms with Crippen LogP contribution in [-0.4, -0.2) is 35.9 Å². The van der Waals surface area contributed by atoms with Crippen LogP contribution in [0.2, 0.25) is 0 Å². The summed E-state index contributed by atoms with van der Waals surface area (Å²) >= 11 is 0. The fourth-order valence-corrected chi connectivity index (χ4v) is 1.67. The summed E-state index contributed by atoms with van der Waals surface area (Å²) < 4.78 is 0. The number of nitrogens with one attached hydrogen (secondary N) is 2. The van der Waals surface area contributed by atoms with Gasteiger partial charge in [0.05, 0.1) is 6.54 Å². The Morgan fingerprint density at radius 2 is 2.39 bits per heavy atom. The predicted octanol–water partition coefficient (Wildman–Crippen LogP) is 1.23. The van der Waals surface area contributed by atoms with Gasteiger partial charge in [-0.05, 0) is 25.1 Å². The Kier molecular flexibility index (Phi) is 5.95. The molecule has 1 amide bonds. The number of hydrogen-bond acceptors (Lipinski definition) is 3. The van der Waals surface area contributed by atoms with Gasteiger partial charge in [0.25, 0.3) is 0 Å². The molecule has 0 aliphatic carbocycles. The molecule has 5 nitrogen and oxygen atoms in total. The van der Waals surface area contributed by atoms with Crippen LogP contribution in [0.3, 0.4) is 0 Å². The number of rotatable bonds is 7. The summed E-state index contributed by atoms with van der Waals surface area (Å²) in [4.78, 5) is 16.4. The summed E-state index contributed by atoms with van der Waals surface area (Å²) in [5.74, 6) is 0.0435. The van der Waals surface area contributed by atoms with Crippen molar-refractivity contribution in [3.8, 4) is 6.07 Å². The van der Waals surface area contributed by atoms with Crippen LogP contribution in [0.5, 0.6) is 0 Å². The van der Waals surface area contributed by atoms with E-state index in [0.29, 0.717) is 18.8 Å². The third kappa shape index (κ3) is 5.02. The molecule has 1 rings (SSSR count). The lowest BCUT2D eigenvalue weighted by molar-refractivity contribution is -0.122. The maximum atomic E-state index is 11.6. The van der Waals surface area contributed by atoms with Crippen LogP contribution in [0, 0.1) is 11.3 Å². The normalized spacial score (nSPS) is 10.3. The molecule has 0 bridgehead atoms. The first kappa shape index (κ1) is 14.3. The summed E-state index contributed by atoms with van der Waals surface area (Å²) in [6.45, 7) is 3.86. The maximum Gasteiger partial charge on any atom is 0.234 e. The van der Waals surface area contributed by atoms with Gasteiger partial charge < -0.3 is 10.3 Å². The summed E-state index contributed by atoms with van der Waals surface area (Å²) in [5.41, 5.74) is 1.56. The molecule has 0 unspecified atom stereocenters. The lowest BCUT2D eigenvalue weighted by Crippen LogP contribution is -2.35. The number of aromatic amines is 1. The molecule has 1 aromatic heterocycles. The van der Waals surface area contributed by atoms with Gasteiger partial charge in [-0.25, -0.2) is 0 Å². The van der Waals surface area contributed by atoms with Crippen LogP contribution in [0.4, 0.5) is 0 Å². The zero-order valence-corrected chi connectivity index (χ0v) is 11.0. The van der Waals surface area contributed by atoms with E-state index < -0.39 is 0 Å². The topological polar surface area (TPSA) is 71.9 Å². The molecule has 0 radical (unpaired) electrons. The number of carbonyl (C=O) groups is 1. The highest BCUT2D eigenvalue weighted by Crippen LogP contribution is 2.04. The molecule has 1 heterocycles. The van der Waals surface area contributed by atoms with Gasteiger partial charge in [-0.2, -0.15) is 5.26 Å². The molecule has 5 heteroatoms. The molecule has 0 aromatic carbocycles. The first-order valence-corrected chi connectivity index (χ1v) is 6.18. The zero-order valence-electron chi connectivity index (χ0n) is 11.0. The van der Waals surface area contributed by atoms with Crippen molar-refractivity contribution in [3.63, 3.8) is 0 Å². The highest BCUT2D eigenvalue weighted by Gasteiger charge is 2.07. The Morgan fingerprint density at radius 3 is 3.00 bits per heavy atom. The minimum Gasteiger partial charge on any atom is -0.355 e. The van der Waals surface area contributed by atoms with Gasteiger partial charge in [0, 0.05) is 19.3 Å². The monoisotopic (exact) mass is 248 g/mol. The molecular weight excluding hydrogens is 228 g/mol. The summed E-state index contributed by atoms with van der Waals surface area (Å²) in [5, 5.41) is 11.6. The molecule has 0 saturated heterocycles. The molecule has 0 atom stereocenters. The van der Waals surface area contributed by atoms with E-state index >= 15 is 0 Å². The minimum atomic E-state index is 0.0435. The van der Waals surface area contributed by atoms with Crippen LogP contribution < -0.4 is 5.32 Å². The van der Waals surface area contributed by atoms with E-state index in [-0.39, 0.29) is 5.91 Å². The van der Waals surface area contributed by atoms with Crippen LogP contribution >= 0.6 is 0 Å². The van der Waals surface area contributed by atoms with Gasteiger partial charge in [-0.1, -0.05) is 13.3 Å². The molecule has 2 N–H and O–H groups in total. The largest absolute Gasteiger partial charge is 0.355 e. The highest BCUT2D eigenvalue weighted by atomic mass is 16.2. The number of amides is 1. The molecule has 18 heavy (non-hydrogen) atoms. The van der Waals surface area contributed by atoms with E-state index in [9.17, 15) is 4.79 Å². The van der Waals surface area contributed by atoms with Gasteiger partial charge in [0.15, 0.2) is 0 Å². The SMILES string of the molecule is CCCCNC(=O)CN(C)Cc1c[nH]c(C#N)c1. The number of aromatic nitrogens is 1. The number of H-pyrrole nitrogens is 1. The fourth-order valence-electron chi connectivity index (χ4n) is 1.67. The van der Waals surface area contributed by atoms with Crippen molar-refractivity contribution in [1.82, 2.24) is 15.2 Å². The van der Waals surface area contributed by atoms with Crippen molar-refractivity contribution in [2.24, 2.45) is 0 Å². The molecule has 1 aromatic rings. The van der Waals surface area contributed by atoms with E-state index in [1.807, 2.05) is 18.0 Å². The molecule has 0 aliphatic heterocycles. The molecule has 0 saturated carbocycles. The van der Waals surface area contributed by atoms with Crippen molar-refractivity contribution in [2.75, 3.05) is 20.1 Å². The van der Waals surface area contributed by atoms with E-state index in [2.05, 4.69) is 17.2 Å². The summed E-state index contributed by atoms with van der Waals surface area (Å²) in [7, 11) is 1.89. The number of unbranched alkanes of at least 4 members (excludes halogenated alkanes) is 1. The molecule has 98 valence electrons. The number of nitrogens with zero attached hydrogens (tertiary/aromatic N) is 2. The van der Waals surface area contributed by atoms with Crippen molar-refractivity contribution in [3.05, 3.63) is 23.5 Å². The average Bonchev–Trinajstić information content (AvgIpc) is 2.76. The second-order valence-electron chi connectivity index (χ2n) is 4.41.